The molecule has 1 aromatic carbocycles. The Labute approximate surface area is 161 Å². The Morgan fingerprint density at radius 3 is 2.96 bits per heavy atom. The van der Waals surface area contributed by atoms with Gasteiger partial charge in [0.1, 0.15) is 10.9 Å². The number of thiophene rings is 1. The van der Waals surface area contributed by atoms with Gasteiger partial charge in [0, 0.05) is 34.4 Å². The molecule has 0 bridgehead atoms. The number of aromatic nitrogens is 2. The van der Waals surface area contributed by atoms with Gasteiger partial charge >= 0.3 is 0 Å². The van der Waals surface area contributed by atoms with Crippen molar-refractivity contribution in [1.29, 1.82) is 5.26 Å². The van der Waals surface area contributed by atoms with Crippen LogP contribution in [0.4, 0.5) is 11.4 Å². The number of H-pyrrole nitrogens is 1. The highest BCUT2D eigenvalue weighted by Crippen LogP contribution is 2.34. The quantitative estimate of drug-likeness (QED) is 0.527. The number of pyridine rings is 1. The van der Waals surface area contributed by atoms with E-state index in [1.54, 1.807) is 6.20 Å². The summed E-state index contributed by atoms with van der Waals surface area (Å²) in [6, 6.07) is 12.3. The highest BCUT2D eigenvalue weighted by molar-refractivity contribution is 7.19. The third-order valence-corrected chi connectivity index (χ3v) is 5.07. The lowest BCUT2D eigenvalue weighted by molar-refractivity contribution is 0.464. The molecule has 2 N–H and O–H groups in total. The van der Waals surface area contributed by atoms with Crippen molar-refractivity contribution < 1.29 is 0 Å². The standard InChI is InChI=1S/C21H17N5S/c1-26(2)9-3-4-17-11-18-20(15(12-22)13-24-21(18)27-17)25-16-5-6-19-14(10-16)7-8-23-19/h5-8,10-11,13,23H,9H2,1-2H3,(H,24,25). The van der Waals surface area contributed by atoms with E-state index in [2.05, 4.69) is 39.3 Å². The van der Waals surface area contributed by atoms with E-state index in [0.717, 1.165) is 37.4 Å². The summed E-state index contributed by atoms with van der Waals surface area (Å²) in [6.45, 7) is 0.701. The Hall–Kier alpha value is -3.32. The van der Waals surface area contributed by atoms with Crippen molar-refractivity contribution in [3.8, 4) is 17.9 Å². The molecule has 132 valence electrons. The zero-order chi connectivity index (χ0) is 18.8. The van der Waals surface area contributed by atoms with Crippen LogP contribution in [-0.2, 0) is 0 Å². The predicted molar refractivity (Wildman–Crippen MR) is 111 cm³/mol. The molecule has 3 aromatic heterocycles. The van der Waals surface area contributed by atoms with Crippen LogP contribution in [0.1, 0.15) is 10.4 Å². The first-order valence-corrected chi connectivity index (χ1v) is 9.26. The maximum Gasteiger partial charge on any atom is 0.126 e. The second-order valence-corrected chi connectivity index (χ2v) is 7.46. The third-order valence-electron chi connectivity index (χ3n) is 4.11. The molecule has 0 amide bonds. The highest BCUT2D eigenvalue weighted by atomic mass is 32.1. The van der Waals surface area contributed by atoms with Crippen LogP contribution in [0.5, 0.6) is 0 Å². The van der Waals surface area contributed by atoms with Gasteiger partial charge in [0.2, 0.25) is 0 Å². The molecule has 0 fully saturated rings. The van der Waals surface area contributed by atoms with Crippen molar-refractivity contribution in [3.05, 3.63) is 53.2 Å². The second kappa shape index (κ2) is 7.13. The van der Waals surface area contributed by atoms with Gasteiger partial charge < -0.3 is 10.3 Å². The number of hydrogen-bond donors (Lipinski definition) is 2. The molecule has 27 heavy (non-hydrogen) atoms. The summed E-state index contributed by atoms with van der Waals surface area (Å²) in [5.74, 6) is 6.33. The van der Waals surface area contributed by atoms with E-state index in [4.69, 9.17) is 0 Å². The van der Waals surface area contributed by atoms with Crippen LogP contribution in [-0.4, -0.2) is 35.5 Å². The minimum atomic E-state index is 0.516. The van der Waals surface area contributed by atoms with Crippen LogP contribution in [0.15, 0.2) is 42.7 Å². The summed E-state index contributed by atoms with van der Waals surface area (Å²) < 4.78 is 0. The summed E-state index contributed by atoms with van der Waals surface area (Å²) in [5.41, 5.74) is 3.30. The van der Waals surface area contributed by atoms with Gasteiger partial charge in [-0.05, 0) is 44.4 Å². The van der Waals surface area contributed by atoms with E-state index in [9.17, 15) is 5.26 Å². The van der Waals surface area contributed by atoms with Gasteiger partial charge in [-0.15, -0.1) is 11.3 Å². The van der Waals surface area contributed by atoms with Crippen LogP contribution in [0, 0.1) is 23.2 Å². The fraction of sp³-hybridized carbons (Fsp3) is 0.143. The molecular weight excluding hydrogens is 354 g/mol. The van der Waals surface area contributed by atoms with Gasteiger partial charge in [0.15, 0.2) is 0 Å². The molecule has 6 heteroatoms. The molecule has 5 nitrogen and oxygen atoms in total. The Bertz CT molecular complexity index is 1230. The second-order valence-electron chi connectivity index (χ2n) is 6.43. The van der Waals surface area contributed by atoms with Crippen molar-refractivity contribution in [2.45, 2.75) is 0 Å². The summed E-state index contributed by atoms with van der Waals surface area (Å²) >= 11 is 1.54. The van der Waals surface area contributed by atoms with Crippen LogP contribution in [0.3, 0.4) is 0 Å². The maximum absolute atomic E-state index is 9.54. The average Bonchev–Trinajstić information content (AvgIpc) is 3.27. The van der Waals surface area contributed by atoms with Gasteiger partial charge in [-0.1, -0.05) is 11.8 Å². The van der Waals surface area contributed by atoms with Crippen molar-refractivity contribution in [2.24, 2.45) is 0 Å². The van der Waals surface area contributed by atoms with E-state index in [0.29, 0.717) is 12.1 Å². The maximum atomic E-state index is 9.54. The van der Waals surface area contributed by atoms with E-state index >= 15 is 0 Å². The Balaban J connectivity index is 1.76. The summed E-state index contributed by atoms with van der Waals surface area (Å²) in [6.07, 6.45) is 3.53. The third kappa shape index (κ3) is 3.50. The monoisotopic (exact) mass is 371 g/mol. The lowest BCUT2D eigenvalue weighted by Gasteiger charge is -2.09. The van der Waals surface area contributed by atoms with Gasteiger partial charge in [0.25, 0.3) is 0 Å². The number of rotatable bonds is 3. The summed E-state index contributed by atoms with van der Waals surface area (Å²) in [5, 5.41) is 15.0. The van der Waals surface area contributed by atoms with Gasteiger partial charge in [0.05, 0.1) is 22.7 Å². The molecule has 0 aliphatic rings. The lowest BCUT2D eigenvalue weighted by Crippen LogP contribution is -2.10. The van der Waals surface area contributed by atoms with Gasteiger partial charge in [-0.3, -0.25) is 4.90 Å². The Morgan fingerprint density at radius 1 is 1.26 bits per heavy atom. The summed E-state index contributed by atoms with van der Waals surface area (Å²) in [4.78, 5) is 11.5. The molecule has 4 rings (SSSR count). The lowest BCUT2D eigenvalue weighted by atomic mass is 10.1. The molecule has 0 aliphatic carbocycles. The minimum Gasteiger partial charge on any atom is -0.361 e. The number of nitrogens with zero attached hydrogens (tertiary/aromatic N) is 3. The molecule has 0 radical (unpaired) electrons. The first-order valence-electron chi connectivity index (χ1n) is 8.44. The van der Waals surface area contributed by atoms with E-state index in [1.165, 1.54) is 11.3 Å². The van der Waals surface area contributed by atoms with Crippen molar-refractivity contribution in [2.75, 3.05) is 26.0 Å². The molecule has 0 saturated heterocycles. The number of nitrogens with one attached hydrogen (secondary N) is 2. The number of aromatic amines is 1. The number of fused-ring (bicyclic) bond motifs is 2. The first kappa shape index (κ1) is 17.1. The molecule has 4 aromatic rings. The number of benzene rings is 1. The molecule has 3 heterocycles. The minimum absolute atomic E-state index is 0.516. The fourth-order valence-electron chi connectivity index (χ4n) is 2.83. The SMILES string of the molecule is CN(C)CC#Cc1cc2c(Nc3ccc4[nH]ccc4c3)c(C#N)cnc2s1. The van der Waals surface area contributed by atoms with Gasteiger partial charge in [-0.2, -0.15) is 5.26 Å². The van der Waals surface area contributed by atoms with Crippen molar-refractivity contribution >= 4 is 43.8 Å². The zero-order valence-corrected chi connectivity index (χ0v) is 15.8. The van der Waals surface area contributed by atoms with Crippen molar-refractivity contribution in [1.82, 2.24) is 14.9 Å². The molecule has 0 spiro atoms. The topological polar surface area (TPSA) is 67.7 Å². The Morgan fingerprint density at radius 2 is 2.15 bits per heavy atom. The predicted octanol–water partition coefficient (Wildman–Crippen LogP) is 4.31. The number of hydrogen-bond acceptors (Lipinski definition) is 5. The van der Waals surface area contributed by atoms with Crippen molar-refractivity contribution in [3.63, 3.8) is 0 Å². The molecule has 0 aliphatic heterocycles. The molecule has 0 saturated carbocycles. The molecular formula is C21H17N5S. The largest absolute Gasteiger partial charge is 0.361 e. The van der Waals surface area contributed by atoms with Gasteiger partial charge in [-0.25, -0.2) is 4.98 Å². The molecule has 0 atom stereocenters. The van der Waals surface area contributed by atoms with Crippen LogP contribution >= 0.6 is 11.3 Å². The van der Waals surface area contributed by atoms with Crippen LogP contribution in [0.2, 0.25) is 0 Å². The molecule has 0 unspecified atom stereocenters. The van der Waals surface area contributed by atoms with Crippen LogP contribution in [0.25, 0.3) is 21.1 Å². The summed E-state index contributed by atoms with van der Waals surface area (Å²) in [7, 11) is 3.98. The van der Waals surface area contributed by atoms with E-state index in [-0.39, 0.29) is 0 Å². The highest BCUT2D eigenvalue weighted by Gasteiger charge is 2.12. The number of anilines is 2. The fourth-order valence-corrected chi connectivity index (χ4v) is 3.72. The van der Waals surface area contributed by atoms with E-state index in [1.807, 2.05) is 49.5 Å². The Kier molecular flexibility index (Phi) is 4.52. The average molecular weight is 371 g/mol. The first-order chi connectivity index (χ1) is 13.1. The van der Waals surface area contributed by atoms with E-state index < -0.39 is 0 Å². The van der Waals surface area contributed by atoms with Crippen LogP contribution < -0.4 is 5.32 Å². The normalized spacial score (nSPS) is 10.7. The zero-order valence-electron chi connectivity index (χ0n) is 15.0. The smallest absolute Gasteiger partial charge is 0.126 e. The number of nitriles is 1.